The van der Waals surface area contributed by atoms with Crippen molar-refractivity contribution in [1.29, 1.82) is 0 Å². The van der Waals surface area contributed by atoms with Crippen molar-refractivity contribution in [1.82, 2.24) is 5.32 Å². The lowest BCUT2D eigenvalue weighted by atomic mass is 10.2. The molecule has 0 aliphatic heterocycles. The van der Waals surface area contributed by atoms with Gasteiger partial charge in [-0.05, 0) is 18.6 Å². The molecule has 0 saturated heterocycles. The zero-order valence-electron chi connectivity index (χ0n) is 10.9. The molecule has 0 aliphatic carbocycles. The van der Waals surface area contributed by atoms with Gasteiger partial charge in [-0.25, -0.2) is 0 Å². The zero-order valence-corrected chi connectivity index (χ0v) is 11.7. The van der Waals surface area contributed by atoms with E-state index < -0.39 is 0 Å². The van der Waals surface area contributed by atoms with Crippen LogP contribution in [0.15, 0.2) is 40.8 Å². The third-order valence-corrected chi connectivity index (χ3v) is 2.83. The van der Waals surface area contributed by atoms with Gasteiger partial charge >= 0.3 is 0 Å². The Balaban J connectivity index is 0.00000162. The number of nitrogens with one attached hydrogen (secondary N) is 1. The molecule has 0 fully saturated rings. The Labute approximate surface area is 115 Å². The van der Waals surface area contributed by atoms with Crippen LogP contribution in [-0.4, -0.2) is 0 Å². The van der Waals surface area contributed by atoms with Crippen LogP contribution in [0.1, 0.15) is 29.6 Å². The molecule has 98 valence electrons. The van der Waals surface area contributed by atoms with Gasteiger partial charge in [-0.2, -0.15) is 0 Å². The molecule has 18 heavy (non-hydrogen) atoms. The summed E-state index contributed by atoms with van der Waals surface area (Å²) >= 11 is 0. The first-order chi connectivity index (χ1) is 8.29. The second-order valence-electron chi connectivity index (χ2n) is 4.25. The molecule has 2 nitrogen and oxygen atoms in total. The van der Waals surface area contributed by atoms with E-state index in [2.05, 4.69) is 42.6 Å². The second-order valence-corrected chi connectivity index (χ2v) is 4.25. The average molecular weight is 266 g/mol. The van der Waals surface area contributed by atoms with Crippen LogP contribution in [0.2, 0.25) is 0 Å². The molecule has 0 spiro atoms. The quantitative estimate of drug-likeness (QED) is 0.888. The summed E-state index contributed by atoms with van der Waals surface area (Å²) < 4.78 is 5.63. The number of benzene rings is 1. The molecule has 0 bridgehead atoms. The van der Waals surface area contributed by atoms with Gasteiger partial charge in [0.25, 0.3) is 0 Å². The molecule has 1 aromatic carbocycles. The van der Waals surface area contributed by atoms with E-state index in [1.807, 2.05) is 13.0 Å². The van der Waals surface area contributed by atoms with E-state index in [1.165, 1.54) is 11.1 Å². The molecule has 1 aromatic heterocycles. The Morgan fingerprint density at radius 2 is 1.83 bits per heavy atom. The summed E-state index contributed by atoms with van der Waals surface area (Å²) in [6.07, 6.45) is 0.955. The number of furan rings is 1. The Bertz CT molecular complexity index is 465. The Hall–Kier alpha value is -1.25. The number of aryl methyl sites for hydroxylation is 2. The van der Waals surface area contributed by atoms with Gasteiger partial charge in [-0.15, -0.1) is 12.4 Å². The van der Waals surface area contributed by atoms with Gasteiger partial charge < -0.3 is 9.73 Å². The fourth-order valence-electron chi connectivity index (χ4n) is 2.00. The van der Waals surface area contributed by atoms with Gasteiger partial charge in [0.05, 0.1) is 0 Å². The van der Waals surface area contributed by atoms with E-state index in [9.17, 15) is 0 Å². The Morgan fingerprint density at radius 1 is 1.11 bits per heavy atom. The van der Waals surface area contributed by atoms with Crippen molar-refractivity contribution in [3.05, 3.63) is 59.0 Å². The van der Waals surface area contributed by atoms with Crippen LogP contribution in [0.3, 0.4) is 0 Å². The normalized spacial score (nSPS) is 10.1. The van der Waals surface area contributed by atoms with Gasteiger partial charge in [0.2, 0.25) is 0 Å². The lowest BCUT2D eigenvalue weighted by molar-refractivity contribution is 0.482. The molecule has 0 unspecified atom stereocenters. The highest BCUT2D eigenvalue weighted by atomic mass is 35.5. The first kappa shape index (κ1) is 14.8. The lowest BCUT2D eigenvalue weighted by Crippen LogP contribution is -2.12. The van der Waals surface area contributed by atoms with Gasteiger partial charge in [-0.3, -0.25) is 0 Å². The molecule has 1 heterocycles. The fraction of sp³-hybridized carbons (Fsp3) is 0.333. The molecular weight excluding hydrogens is 246 g/mol. The van der Waals surface area contributed by atoms with E-state index >= 15 is 0 Å². The van der Waals surface area contributed by atoms with E-state index in [4.69, 9.17) is 4.42 Å². The smallest absolute Gasteiger partial charge is 0.108 e. The van der Waals surface area contributed by atoms with Crippen LogP contribution >= 0.6 is 12.4 Å². The van der Waals surface area contributed by atoms with E-state index in [0.29, 0.717) is 0 Å². The molecular formula is C15H20ClNO. The number of halogens is 1. The standard InChI is InChI=1S/C15H19NO.ClH/c1-3-15-14(9-12(2)17-15)11-16-10-13-7-5-4-6-8-13;/h4-9,16H,3,10-11H2,1-2H3;1H. The molecule has 3 heteroatoms. The van der Waals surface area contributed by atoms with Crippen LogP contribution in [0.4, 0.5) is 0 Å². The maximum Gasteiger partial charge on any atom is 0.108 e. The number of hydrogen-bond acceptors (Lipinski definition) is 2. The van der Waals surface area contributed by atoms with Crippen molar-refractivity contribution in [3.8, 4) is 0 Å². The predicted octanol–water partition coefficient (Wildman–Crippen LogP) is 3.86. The maximum atomic E-state index is 5.63. The van der Waals surface area contributed by atoms with Crippen molar-refractivity contribution in [2.75, 3.05) is 0 Å². The minimum atomic E-state index is 0. The summed E-state index contributed by atoms with van der Waals surface area (Å²) in [6.45, 7) is 5.89. The summed E-state index contributed by atoms with van der Waals surface area (Å²) in [5.41, 5.74) is 2.59. The summed E-state index contributed by atoms with van der Waals surface area (Å²) in [6, 6.07) is 12.6. The monoisotopic (exact) mass is 265 g/mol. The van der Waals surface area contributed by atoms with Crippen LogP contribution in [0.5, 0.6) is 0 Å². The van der Waals surface area contributed by atoms with Crippen molar-refractivity contribution in [2.24, 2.45) is 0 Å². The highest BCUT2D eigenvalue weighted by molar-refractivity contribution is 5.85. The third kappa shape index (κ3) is 3.90. The highest BCUT2D eigenvalue weighted by Gasteiger charge is 2.06. The fourth-order valence-corrected chi connectivity index (χ4v) is 2.00. The third-order valence-electron chi connectivity index (χ3n) is 2.83. The largest absolute Gasteiger partial charge is 0.466 e. The second kappa shape index (κ2) is 7.24. The lowest BCUT2D eigenvalue weighted by Gasteiger charge is -2.04. The van der Waals surface area contributed by atoms with Gasteiger partial charge in [-0.1, -0.05) is 37.3 Å². The van der Waals surface area contributed by atoms with Crippen LogP contribution in [-0.2, 0) is 19.5 Å². The Morgan fingerprint density at radius 3 is 2.50 bits per heavy atom. The van der Waals surface area contributed by atoms with Gasteiger partial charge in [0.1, 0.15) is 11.5 Å². The first-order valence-electron chi connectivity index (χ1n) is 6.12. The van der Waals surface area contributed by atoms with E-state index in [1.54, 1.807) is 0 Å². The SMILES string of the molecule is CCc1oc(C)cc1CNCc1ccccc1.Cl. The molecule has 0 saturated carbocycles. The van der Waals surface area contributed by atoms with Crippen molar-refractivity contribution in [3.63, 3.8) is 0 Å². The van der Waals surface area contributed by atoms with E-state index in [0.717, 1.165) is 31.0 Å². The summed E-state index contributed by atoms with van der Waals surface area (Å²) in [7, 11) is 0. The predicted molar refractivity (Wildman–Crippen MR) is 77.1 cm³/mol. The summed E-state index contributed by atoms with van der Waals surface area (Å²) in [4.78, 5) is 0. The zero-order chi connectivity index (χ0) is 12.1. The van der Waals surface area contributed by atoms with Crippen LogP contribution in [0, 0.1) is 6.92 Å². The van der Waals surface area contributed by atoms with Crippen LogP contribution in [0.25, 0.3) is 0 Å². The van der Waals surface area contributed by atoms with Gasteiger partial charge in [0.15, 0.2) is 0 Å². The van der Waals surface area contributed by atoms with Crippen molar-refractivity contribution < 1.29 is 4.42 Å². The Kier molecular flexibility index (Phi) is 5.96. The molecule has 0 atom stereocenters. The summed E-state index contributed by atoms with van der Waals surface area (Å²) in [5, 5.41) is 3.45. The molecule has 0 aliphatic rings. The molecule has 2 aromatic rings. The van der Waals surface area contributed by atoms with E-state index in [-0.39, 0.29) is 12.4 Å². The molecule has 1 N–H and O–H groups in total. The summed E-state index contributed by atoms with van der Waals surface area (Å²) in [5.74, 6) is 2.10. The minimum Gasteiger partial charge on any atom is -0.466 e. The topological polar surface area (TPSA) is 25.2 Å². The van der Waals surface area contributed by atoms with Crippen molar-refractivity contribution >= 4 is 12.4 Å². The number of rotatable bonds is 5. The first-order valence-corrected chi connectivity index (χ1v) is 6.12. The average Bonchev–Trinajstić information content (AvgIpc) is 2.71. The highest BCUT2D eigenvalue weighted by Crippen LogP contribution is 2.15. The minimum absolute atomic E-state index is 0. The maximum absolute atomic E-state index is 5.63. The number of hydrogen-bond donors (Lipinski definition) is 1. The van der Waals surface area contributed by atoms with Crippen LogP contribution < -0.4 is 5.32 Å². The molecule has 0 radical (unpaired) electrons. The van der Waals surface area contributed by atoms with Crippen molar-refractivity contribution in [2.45, 2.75) is 33.4 Å². The molecule has 0 amide bonds. The molecule has 2 rings (SSSR count). The van der Waals surface area contributed by atoms with Gasteiger partial charge in [0, 0.05) is 25.1 Å².